The summed E-state index contributed by atoms with van der Waals surface area (Å²) in [5.74, 6) is 0.718. The number of carbonyl (C=O) groups excluding carboxylic acids is 2. The number of anilines is 1. The summed E-state index contributed by atoms with van der Waals surface area (Å²) in [6.07, 6.45) is 2.14. The SMILES string of the molecule is Cc1ccc(C(=O)Nc2ccc(C(=O)N3CCCC3)cc2)o1. The number of amides is 2. The first-order chi connectivity index (χ1) is 10.6. The van der Waals surface area contributed by atoms with Gasteiger partial charge in [-0.05, 0) is 56.2 Å². The number of rotatable bonds is 3. The van der Waals surface area contributed by atoms with Crippen LogP contribution in [0.2, 0.25) is 0 Å². The molecule has 1 saturated heterocycles. The van der Waals surface area contributed by atoms with Crippen LogP contribution >= 0.6 is 0 Å². The van der Waals surface area contributed by atoms with Gasteiger partial charge in [0.1, 0.15) is 5.76 Å². The lowest BCUT2D eigenvalue weighted by atomic mass is 10.2. The van der Waals surface area contributed by atoms with Crippen molar-refractivity contribution in [3.63, 3.8) is 0 Å². The lowest BCUT2D eigenvalue weighted by Crippen LogP contribution is -2.27. The van der Waals surface area contributed by atoms with Gasteiger partial charge in [-0.2, -0.15) is 0 Å². The standard InChI is InChI=1S/C17H18N2O3/c1-12-4-9-15(22-12)16(20)18-14-7-5-13(6-8-14)17(21)19-10-2-3-11-19/h4-9H,2-3,10-11H2,1H3,(H,18,20). The second kappa shape index (κ2) is 6.05. The first kappa shape index (κ1) is 14.4. The fourth-order valence-electron chi connectivity index (χ4n) is 2.55. The number of nitrogens with zero attached hydrogens (tertiary/aromatic N) is 1. The highest BCUT2D eigenvalue weighted by Gasteiger charge is 2.19. The number of furan rings is 1. The molecule has 5 heteroatoms. The number of aryl methyl sites for hydroxylation is 1. The van der Waals surface area contributed by atoms with Crippen LogP contribution in [0.25, 0.3) is 0 Å². The molecule has 0 bridgehead atoms. The molecule has 5 nitrogen and oxygen atoms in total. The molecular weight excluding hydrogens is 280 g/mol. The molecule has 0 radical (unpaired) electrons. The topological polar surface area (TPSA) is 62.6 Å². The molecule has 0 atom stereocenters. The lowest BCUT2D eigenvalue weighted by molar-refractivity contribution is 0.0792. The average molecular weight is 298 g/mol. The third kappa shape index (κ3) is 3.03. The number of hydrogen-bond donors (Lipinski definition) is 1. The Morgan fingerprint density at radius 2 is 1.73 bits per heavy atom. The number of hydrogen-bond acceptors (Lipinski definition) is 3. The minimum absolute atomic E-state index is 0.0528. The maximum absolute atomic E-state index is 12.2. The third-order valence-electron chi connectivity index (χ3n) is 3.75. The third-order valence-corrected chi connectivity index (χ3v) is 3.75. The van der Waals surface area contributed by atoms with Crippen molar-refractivity contribution in [3.05, 3.63) is 53.5 Å². The van der Waals surface area contributed by atoms with Crippen LogP contribution in [0.15, 0.2) is 40.8 Å². The van der Waals surface area contributed by atoms with Crippen LogP contribution in [0.4, 0.5) is 5.69 Å². The molecule has 1 aliphatic rings. The molecule has 3 rings (SSSR count). The summed E-state index contributed by atoms with van der Waals surface area (Å²) >= 11 is 0. The Balaban J connectivity index is 1.66. The summed E-state index contributed by atoms with van der Waals surface area (Å²) in [5.41, 5.74) is 1.28. The molecule has 22 heavy (non-hydrogen) atoms. The van der Waals surface area contributed by atoms with E-state index in [1.807, 2.05) is 4.90 Å². The zero-order valence-corrected chi connectivity index (χ0v) is 12.5. The number of carbonyl (C=O) groups is 2. The molecule has 2 amide bonds. The highest BCUT2D eigenvalue weighted by atomic mass is 16.3. The van der Waals surface area contributed by atoms with Crippen LogP contribution in [0.1, 0.15) is 39.5 Å². The quantitative estimate of drug-likeness (QED) is 0.947. The molecule has 1 N–H and O–H groups in total. The van der Waals surface area contributed by atoms with Crippen LogP contribution in [-0.4, -0.2) is 29.8 Å². The van der Waals surface area contributed by atoms with Gasteiger partial charge < -0.3 is 14.6 Å². The van der Waals surface area contributed by atoms with E-state index in [2.05, 4.69) is 5.32 Å². The van der Waals surface area contributed by atoms with Crippen LogP contribution in [-0.2, 0) is 0 Å². The Labute approximate surface area is 128 Å². The van der Waals surface area contributed by atoms with E-state index in [1.54, 1.807) is 43.3 Å². The minimum atomic E-state index is -0.299. The van der Waals surface area contributed by atoms with Crippen LogP contribution in [0.5, 0.6) is 0 Å². The smallest absolute Gasteiger partial charge is 0.291 e. The second-order valence-electron chi connectivity index (χ2n) is 5.44. The number of likely N-dealkylation sites (tertiary alicyclic amines) is 1. The summed E-state index contributed by atoms with van der Waals surface area (Å²) in [7, 11) is 0. The molecular formula is C17H18N2O3. The van der Waals surface area contributed by atoms with Gasteiger partial charge in [0.25, 0.3) is 11.8 Å². The van der Waals surface area contributed by atoms with Gasteiger partial charge in [-0.1, -0.05) is 0 Å². The fraction of sp³-hybridized carbons (Fsp3) is 0.294. The highest BCUT2D eigenvalue weighted by molar-refractivity contribution is 6.02. The van der Waals surface area contributed by atoms with Crippen molar-refractivity contribution in [2.24, 2.45) is 0 Å². The van der Waals surface area contributed by atoms with E-state index in [0.29, 0.717) is 17.0 Å². The van der Waals surface area contributed by atoms with Crippen molar-refractivity contribution in [3.8, 4) is 0 Å². The number of nitrogens with one attached hydrogen (secondary N) is 1. The molecule has 1 aromatic heterocycles. The van der Waals surface area contributed by atoms with Crippen molar-refractivity contribution in [2.45, 2.75) is 19.8 Å². The van der Waals surface area contributed by atoms with Crippen LogP contribution < -0.4 is 5.32 Å². The van der Waals surface area contributed by atoms with Gasteiger partial charge in [0.2, 0.25) is 0 Å². The monoisotopic (exact) mass is 298 g/mol. The van der Waals surface area contributed by atoms with Gasteiger partial charge in [-0.3, -0.25) is 9.59 Å². The van der Waals surface area contributed by atoms with Crippen molar-refractivity contribution < 1.29 is 14.0 Å². The molecule has 1 fully saturated rings. The largest absolute Gasteiger partial charge is 0.456 e. The Bertz CT molecular complexity index is 682. The molecule has 2 heterocycles. The fourth-order valence-corrected chi connectivity index (χ4v) is 2.55. The predicted octanol–water partition coefficient (Wildman–Crippen LogP) is 3.08. The van der Waals surface area contributed by atoms with Gasteiger partial charge in [0.15, 0.2) is 5.76 Å². The van der Waals surface area contributed by atoms with Gasteiger partial charge in [-0.15, -0.1) is 0 Å². The van der Waals surface area contributed by atoms with Crippen molar-refractivity contribution in [1.82, 2.24) is 4.90 Å². The average Bonchev–Trinajstić information content (AvgIpc) is 3.18. The van der Waals surface area contributed by atoms with Crippen molar-refractivity contribution in [2.75, 3.05) is 18.4 Å². The predicted molar refractivity (Wildman–Crippen MR) is 83.0 cm³/mol. The van der Waals surface area contributed by atoms with Gasteiger partial charge in [0.05, 0.1) is 0 Å². The molecule has 1 aromatic carbocycles. The Morgan fingerprint density at radius 1 is 1.05 bits per heavy atom. The maximum atomic E-state index is 12.2. The van der Waals surface area contributed by atoms with Crippen molar-refractivity contribution in [1.29, 1.82) is 0 Å². The van der Waals surface area contributed by atoms with E-state index >= 15 is 0 Å². The zero-order valence-electron chi connectivity index (χ0n) is 12.5. The zero-order chi connectivity index (χ0) is 15.5. The van der Waals surface area contributed by atoms with E-state index in [-0.39, 0.29) is 17.6 Å². The van der Waals surface area contributed by atoms with E-state index in [9.17, 15) is 9.59 Å². The minimum Gasteiger partial charge on any atom is -0.456 e. The normalized spacial score (nSPS) is 14.1. The summed E-state index contributed by atoms with van der Waals surface area (Å²) in [6, 6.07) is 10.3. The van der Waals surface area contributed by atoms with Gasteiger partial charge in [-0.25, -0.2) is 0 Å². The van der Waals surface area contributed by atoms with Crippen LogP contribution in [0, 0.1) is 6.92 Å². The van der Waals surface area contributed by atoms with E-state index in [4.69, 9.17) is 4.42 Å². The van der Waals surface area contributed by atoms with E-state index in [0.717, 1.165) is 25.9 Å². The first-order valence-corrected chi connectivity index (χ1v) is 7.40. The van der Waals surface area contributed by atoms with Crippen LogP contribution in [0.3, 0.4) is 0 Å². The molecule has 0 spiro atoms. The molecule has 114 valence electrons. The molecule has 1 aliphatic heterocycles. The van der Waals surface area contributed by atoms with E-state index in [1.165, 1.54) is 0 Å². The number of benzene rings is 1. The second-order valence-corrected chi connectivity index (χ2v) is 5.44. The van der Waals surface area contributed by atoms with Gasteiger partial charge >= 0.3 is 0 Å². The van der Waals surface area contributed by atoms with E-state index < -0.39 is 0 Å². The summed E-state index contributed by atoms with van der Waals surface area (Å²) in [4.78, 5) is 26.1. The Hall–Kier alpha value is -2.56. The summed E-state index contributed by atoms with van der Waals surface area (Å²) in [5, 5.41) is 2.75. The Morgan fingerprint density at radius 3 is 2.32 bits per heavy atom. The molecule has 0 unspecified atom stereocenters. The lowest BCUT2D eigenvalue weighted by Gasteiger charge is -2.15. The molecule has 2 aromatic rings. The molecule has 0 aliphatic carbocycles. The maximum Gasteiger partial charge on any atom is 0.291 e. The Kier molecular flexibility index (Phi) is 3.96. The van der Waals surface area contributed by atoms with Gasteiger partial charge in [0, 0.05) is 24.3 Å². The molecule has 0 saturated carbocycles. The highest BCUT2D eigenvalue weighted by Crippen LogP contribution is 2.16. The van der Waals surface area contributed by atoms with Crippen molar-refractivity contribution >= 4 is 17.5 Å². The summed E-state index contributed by atoms with van der Waals surface area (Å²) < 4.78 is 5.27. The first-order valence-electron chi connectivity index (χ1n) is 7.40. The summed E-state index contributed by atoms with van der Waals surface area (Å²) in [6.45, 7) is 3.44.